The van der Waals surface area contributed by atoms with E-state index in [9.17, 15) is 13.2 Å². The minimum absolute atomic E-state index is 0.0735. The molecule has 2 N–H and O–H groups in total. The van der Waals surface area contributed by atoms with E-state index in [1.165, 1.54) is 12.8 Å². The van der Waals surface area contributed by atoms with Gasteiger partial charge in [0.25, 0.3) is 0 Å². The van der Waals surface area contributed by atoms with Gasteiger partial charge in [-0.2, -0.15) is 0 Å². The molecule has 0 heterocycles. The molecule has 1 amide bonds. The minimum Gasteiger partial charge on any atom is -0.353 e. The van der Waals surface area contributed by atoms with Gasteiger partial charge in [0.2, 0.25) is 15.9 Å². The van der Waals surface area contributed by atoms with Gasteiger partial charge < -0.3 is 5.32 Å². The normalized spacial score (nSPS) is 30.7. The van der Waals surface area contributed by atoms with Crippen LogP contribution in [0.25, 0.3) is 0 Å². The molecule has 1 aromatic carbocycles. The fourth-order valence-corrected chi connectivity index (χ4v) is 5.86. The first-order valence-corrected chi connectivity index (χ1v) is 12.6. The zero-order valence-corrected chi connectivity index (χ0v) is 18.8. The van der Waals surface area contributed by atoms with Crippen LogP contribution in [0.2, 0.25) is 0 Å². The number of carbonyl (C=O) groups excluding carboxylic acids is 1. The molecule has 0 unspecified atom stereocenters. The molecule has 2 aliphatic rings. The van der Waals surface area contributed by atoms with Crippen LogP contribution in [0.4, 0.5) is 0 Å². The number of aryl methyl sites for hydroxylation is 1. The third-order valence-corrected chi connectivity index (χ3v) is 8.58. The summed E-state index contributed by atoms with van der Waals surface area (Å²) in [5.74, 6) is 1.79. The summed E-state index contributed by atoms with van der Waals surface area (Å²) in [6, 6.07) is 7.22. The number of hydrogen-bond acceptors (Lipinski definition) is 3. The maximum atomic E-state index is 12.7. The molecule has 2 saturated carbocycles. The largest absolute Gasteiger partial charge is 0.353 e. The third-order valence-electron chi connectivity index (χ3n) is 7.15. The predicted octanol–water partition coefficient (Wildman–Crippen LogP) is 4.02. The molecule has 2 fully saturated rings. The lowest BCUT2D eigenvalue weighted by Gasteiger charge is -2.36. The van der Waals surface area contributed by atoms with E-state index in [2.05, 4.69) is 23.9 Å². The van der Waals surface area contributed by atoms with E-state index < -0.39 is 10.0 Å². The lowest BCUT2D eigenvalue weighted by molar-refractivity contribution is -0.127. The summed E-state index contributed by atoms with van der Waals surface area (Å²) < 4.78 is 27.7. The standard InChI is InChI=1S/C23H36N2O3S/c1-16-7-13-21(14-8-16)29(27,28)24-15-19-9-11-20(12-10-19)23(26)25-22-6-4-5-17(2)18(22)3/h7-8,13-14,17-20,22,24H,4-6,9-12,15H2,1-3H3,(H,25,26)/t17-,18-,19?,20?,22+/m0/s1. The van der Waals surface area contributed by atoms with Gasteiger partial charge >= 0.3 is 0 Å². The molecule has 0 radical (unpaired) electrons. The zero-order valence-electron chi connectivity index (χ0n) is 18.0. The molecular weight excluding hydrogens is 384 g/mol. The van der Waals surface area contributed by atoms with Gasteiger partial charge in [-0.05, 0) is 68.9 Å². The first kappa shape index (κ1) is 22.3. The molecule has 3 rings (SSSR count). The van der Waals surface area contributed by atoms with Gasteiger partial charge in [-0.3, -0.25) is 4.79 Å². The number of carbonyl (C=O) groups is 1. The van der Waals surface area contributed by atoms with E-state index in [0.29, 0.717) is 35.2 Å². The number of rotatable bonds is 6. The average molecular weight is 421 g/mol. The second kappa shape index (κ2) is 9.61. The molecule has 6 heteroatoms. The summed E-state index contributed by atoms with van der Waals surface area (Å²) in [5, 5.41) is 3.32. The number of nitrogens with one attached hydrogen (secondary N) is 2. The summed E-state index contributed by atoms with van der Waals surface area (Å²) >= 11 is 0. The second-order valence-corrected chi connectivity index (χ2v) is 11.0. The predicted molar refractivity (Wildman–Crippen MR) is 116 cm³/mol. The van der Waals surface area contributed by atoms with Crippen LogP contribution in [0.3, 0.4) is 0 Å². The Morgan fingerprint density at radius 1 is 1.00 bits per heavy atom. The summed E-state index contributed by atoms with van der Waals surface area (Å²) in [7, 11) is -3.47. The highest BCUT2D eigenvalue weighted by atomic mass is 32.2. The van der Waals surface area contributed by atoms with Crippen molar-refractivity contribution in [1.29, 1.82) is 0 Å². The second-order valence-electron chi connectivity index (χ2n) is 9.26. The summed E-state index contributed by atoms with van der Waals surface area (Å²) in [6.45, 7) is 6.92. The molecule has 0 aliphatic heterocycles. The molecule has 3 atom stereocenters. The van der Waals surface area contributed by atoms with Gasteiger partial charge in [0.1, 0.15) is 0 Å². The Morgan fingerprint density at radius 3 is 2.31 bits per heavy atom. The zero-order chi connectivity index (χ0) is 21.0. The highest BCUT2D eigenvalue weighted by molar-refractivity contribution is 7.89. The average Bonchev–Trinajstić information content (AvgIpc) is 2.70. The summed E-state index contributed by atoms with van der Waals surface area (Å²) in [5.41, 5.74) is 1.04. The molecule has 2 aliphatic carbocycles. The molecule has 5 nitrogen and oxygen atoms in total. The van der Waals surface area contributed by atoms with Gasteiger partial charge in [-0.1, -0.05) is 44.4 Å². The van der Waals surface area contributed by atoms with Crippen LogP contribution in [0.15, 0.2) is 29.2 Å². The van der Waals surface area contributed by atoms with Crippen LogP contribution in [-0.4, -0.2) is 26.9 Å². The summed E-state index contributed by atoms with van der Waals surface area (Å²) in [6.07, 6.45) is 7.03. The van der Waals surface area contributed by atoms with Crippen LogP contribution in [-0.2, 0) is 14.8 Å². The van der Waals surface area contributed by atoms with Crippen molar-refractivity contribution in [3.63, 3.8) is 0 Å². The van der Waals surface area contributed by atoms with Crippen LogP contribution in [0, 0.1) is 30.6 Å². The van der Waals surface area contributed by atoms with Crippen LogP contribution in [0.1, 0.15) is 64.4 Å². The molecule has 29 heavy (non-hydrogen) atoms. The van der Waals surface area contributed by atoms with Gasteiger partial charge in [0, 0.05) is 18.5 Å². The van der Waals surface area contributed by atoms with E-state index in [0.717, 1.165) is 37.7 Å². The maximum Gasteiger partial charge on any atom is 0.240 e. The number of amides is 1. The van der Waals surface area contributed by atoms with Crippen molar-refractivity contribution >= 4 is 15.9 Å². The Morgan fingerprint density at radius 2 is 1.66 bits per heavy atom. The fraction of sp³-hybridized carbons (Fsp3) is 0.696. The van der Waals surface area contributed by atoms with Crippen LogP contribution < -0.4 is 10.0 Å². The Bertz CT molecular complexity index is 783. The topological polar surface area (TPSA) is 75.3 Å². The Balaban J connectivity index is 1.44. The Labute approximate surface area is 176 Å². The molecule has 0 spiro atoms. The monoisotopic (exact) mass is 420 g/mol. The number of benzene rings is 1. The van der Waals surface area contributed by atoms with E-state index in [1.807, 2.05) is 19.1 Å². The van der Waals surface area contributed by atoms with Crippen molar-refractivity contribution in [2.75, 3.05) is 6.54 Å². The van der Waals surface area contributed by atoms with E-state index >= 15 is 0 Å². The molecule has 0 aromatic heterocycles. The van der Waals surface area contributed by atoms with Gasteiger partial charge in [-0.25, -0.2) is 13.1 Å². The van der Waals surface area contributed by atoms with E-state index in [4.69, 9.17) is 0 Å². The highest BCUT2D eigenvalue weighted by Crippen LogP contribution is 2.32. The van der Waals surface area contributed by atoms with Crippen molar-refractivity contribution < 1.29 is 13.2 Å². The third kappa shape index (κ3) is 5.82. The first-order chi connectivity index (χ1) is 13.8. The maximum absolute atomic E-state index is 12.7. The van der Waals surface area contributed by atoms with Crippen molar-refractivity contribution in [2.45, 2.75) is 76.7 Å². The van der Waals surface area contributed by atoms with Gasteiger partial charge in [0.05, 0.1) is 4.90 Å². The molecular formula is C23H36N2O3S. The van der Waals surface area contributed by atoms with Gasteiger partial charge in [-0.15, -0.1) is 0 Å². The molecule has 162 valence electrons. The molecule has 0 bridgehead atoms. The lowest BCUT2D eigenvalue weighted by Crippen LogP contribution is -2.46. The fourth-order valence-electron chi connectivity index (χ4n) is 4.74. The highest BCUT2D eigenvalue weighted by Gasteiger charge is 2.32. The smallest absolute Gasteiger partial charge is 0.240 e. The first-order valence-electron chi connectivity index (χ1n) is 11.1. The Hall–Kier alpha value is -1.40. The van der Waals surface area contributed by atoms with Gasteiger partial charge in [0.15, 0.2) is 0 Å². The quantitative estimate of drug-likeness (QED) is 0.730. The van der Waals surface area contributed by atoms with E-state index in [-0.39, 0.29) is 11.8 Å². The SMILES string of the molecule is Cc1ccc(S(=O)(=O)NCC2CCC(C(=O)N[C@@H]3CCC[C@H](C)[C@@H]3C)CC2)cc1. The number of hydrogen-bond donors (Lipinski definition) is 2. The van der Waals surface area contributed by atoms with Crippen molar-refractivity contribution in [1.82, 2.24) is 10.0 Å². The molecule has 1 aromatic rings. The Kier molecular flexibility index (Phi) is 7.38. The minimum atomic E-state index is -3.47. The molecule has 0 saturated heterocycles. The van der Waals surface area contributed by atoms with Crippen molar-refractivity contribution in [3.8, 4) is 0 Å². The van der Waals surface area contributed by atoms with Crippen LogP contribution >= 0.6 is 0 Å². The lowest BCUT2D eigenvalue weighted by atomic mass is 9.77. The van der Waals surface area contributed by atoms with Crippen molar-refractivity contribution in [2.24, 2.45) is 23.7 Å². The number of sulfonamides is 1. The van der Waals surface area contributed by atoms with Crippen LogP contribution in [0.5, 0.6) is 0 Å². The van der Waals surface area contributed by atoms with Crippen molar-refractivity contribution in [3.05, 3.63) is 29.8 Å². The summed E-state index contributed by atoms with van der Waals surface area (Å²) in [4.78, 5) is 13.0. The van der Waals surface area contributed by atoms with E-state index in [1.54, 1.807) is 12.1 Å².